The van der Waals surface area contributed by atoms with Crippen LogP contribution in [0.15, 0.2) is 5.38 Å². The number of aromatic nitrogens is 1. The van der Waals surface area contributed by atoms with Gasteiger partial charge in [0.15, 0.2) is 0 Å². The molecule has 1 aromatic heterocycles. The van der Waals surface area contributed by atoms with E-state index in [1.165, 1.54) is 25.7 Å². The van der Waals surface area contributed by atoms with Crippen molar-refractivity contribution >= 4 is 11.3 Å². The van der Waals surface area contributed by atoms with Gasteiger partial charge in [0, 0.05) is 18.5 Å². The number of hydrogen-bond donors (Lipinski definition) is 1. The predicted octanol–water partition coefficient (Wildman–Crippen LogP) is 2.82. The van der Waals surface area contributed by atoms with Gasteiger partial charge in [-0.1, -0.05) is 25.7 Å². The minimum Gasteiger partial charge on any atom is -0.392 e. The van der Waals surface area contributed by atoms with Crippen LogP contribution in [0.3, 0.4) is 0 Å². The van der Waals surface area contributed by atoms with E-state index in [2.05, 4.69) is 22.3 Å². The summed E-state index contributed by atoms with van der Waals surface area (Å²) in [5.74, 6) is 0.759. The fourth-order valence-corrected chi connectivity index (χ4v) is 3.49. The quantitative estimate of drug-likeness (QED) is 0.862. The molecule has 1 aliphatic carbocycles. The van der Waals surface area contributed by atoms with E-state index in [1.54, 1.807) is 11.3 Å². The van der Waals surface area contributed by atoms with E-state index in [4.69, 9.17) is 0 Å². The van der Waals surface area contributed by atoms with Crippen molar-refractivity contribution in [2.45, 2.75) is 51.7 Å². The number of rotatable bonds is 6. The average molecular weight is 268 g/mol. The summed E-state index contributed by atoms with van der Waals surface area (Å²) in [6.07, 6.45) is 6.12. The lowest BCUT2D eigenvalue weighted by molar-refractivity contribution is 0.0990. The first kappa shape index (κ1) is 14.0. The smallest absolute Gasteiger partial charge is 0.0897 e. The second kappa shape index (κ2) is 6.64. The van der Waals surface area contributed by atoms with Crippen LogP contribution in [0, 0.1) is 12.8 Å². The molecule has 1 aliphatic rings. The fraction of sp³-hybridized carbons (Fsp3) is 0.786. The third-order valence-electron chi connectivity index (χ3n) is 3.70. The number of aryl methyl sites for hydroxylation is 1. The Morgan fingerprint density at radius 3 is 2.83 bits per heavy atom. The van der Waals surface area contributed by atoms with Crippen molar-refractivity contribution < 1.29 is 5.11 Å². The summed E-state index contributed by atoms with van der Waals surface area (Å²) in [5, 5.41) is 13.3. The highest BCUT2D eigenvalue weighted by Gasteiger charge is 2.19. The maximum atomic E-state index is 10.1. The average Bonchev–Trinajstić information content (AvgIpc) is 2.90. The van der Waals surface area contributed by atoms with Gasteiger partial charge in [-0.2, -0.15) is 0 Å². The molecule has 0 saturated heterocycles. The van der Waals surface area contributed by atoms with Crippen LogP contribution in [0.25, 0.3) is 0 Å². The van der Waals surface area contributed by atoms with Crippen molar-refractivity contribution in [1.82, 2.24) is 9.88 Å². The fourth-order valence-electron chi connectivity index (χ4n) is 2.89. The summed E-state index contributed by atoms with van der Waals surface area (Å²) < 4.78 is 0. The van der Waals surface area contributed by atoms with Crippen molar-refractivity contribution in [1.29, 1.82) is 0 Å². The van der Waals surface area contributed by atoms with E-state index in [9.17, 15) is 5.11 Å². The highest BCUT2D eigenvalue weighted by Crippen LogP contribution is 2.28. The van der Waals surface area contributed by atoms with Crippen molar-refractivity contribution in [3.05, 3.63) is 16.1 Å². The Morgan fingerprint density at radius 1 is 1.50 bits per heavy atom. The van der Waals surface area contributed by atoms with Gasteiger partial charge in [0.25, 0.3) is 0 Å². The number of aliphatic hydroxyl groups is 1. The van der Waals surface area contributed by atoms with Gasteiger partial charge in [-0.15, -0.1) is 11.3 Å². The van der Waals surface area contributed by atoms with E-state index >= 15 is 0 Å². The third kappa shape index (κ3) is 4.34. The molecule has 3 nitrogen and oxygen atoms in total. The Labute approximate surface area is 114 Å². The molecule has 18 heavy (non-hydrogen) atoms. The minimum atomic E-state index is -0.183. The summed E-state index contributed by atoms with van der Waals surface area (Å²) in [6, 6.07) is 0. The van der Waals surface area contributed by atoms with E-state index in [-0.39, 0.29) is 6.10 Å². The molecule has 1 N–H and O–H groups in total. The van der Waals surface area contributed by atoms with Crippen LogP contribution in [0.4, 0.5) is 0 Å². The Balaban J connectivity index is 1.71. The number of aliphatic hydroxyl groups excluding tert-OH is 1. The normalized spacial score (nSPS) is 18.7. The zero-order valence-corrected chi connectivity index (χ0v) is 12.2. The molecule has 0 bridgehead atoms. The maximum Gasteiger partial charge on any atom is 0.0897 e. The summed E-state index contributed by atoms with van der Waals surface area (Å²) >= 11 is 1.69. The van der Waals surface area contributed by atoms with Crippen molar-refractivity contribution in [3.8, 4) is 0 Å². The first-order chi connectivity index (χ1) is 8.63. The van der Waals surface area contributed by atoms with Crippen LogP contribution in [0.5, 0.6) is 0 Å². The molecule has 1 saturated carbocycles. The molecule has 102 valence electrons. The Bertz CT molecular complexity index is 360. The Morgan fingerprint density at radius 2 is 2.22 bits per heavy atom. The molecule has 0 spiro atoms. The second-order valence-electron chi connectivity index (χ2n) is 5.59. The lowest BCUT2D eigenvalue weighted by Crippen LogP contribution is -2.30. The first-order valence-corrected chi connectivity index (χ1v) is 7.79. The Hall–Kier alpha value is -0.450. The van der Waals surface area contributed by atoms with Gasteiger partial charge in [-0.05, 0) is 26.3 Å². The summed E-state index contributed by atoms with van der Waals surface area (Å²) in [6.45, 7) is 3.63. The summed E-state index contributed by atoms with van der Waals surface area (Å²) in [7, 11) is 2.06. The zero-order valence-electron chi connectivity index (χ0n) is 11.4. The van der Waals surface area contributed by atoms with E-state index in [0.29, 0.717) is 0 Å². The lowest BCUT2D eigenvalue weighted by atomic mass is 10.00. The van der Waals surface area contributed by atoms with Crippen molar-refractivity contribution in [2.24, 2.45) is 5.92 Å². The molecule has 0 aliphatic heterocycles. The zero-order chi connectivity index (χ0) is 13.0. The maximum absolute atomic E-state index is 10.1. The molecule has 0 radical (unpaired) electrons. The molecule has 4 heteroatoms. The van der Waals surface area contributed by atoms with E-state index in [0.717, 1.165) is 36.1 Å². The molecular formula is C14H24N2OS. The van der Waals surface area contributed by atoms with Crippen LogP contribution in [0.1, 0.15) is 42.8 Å². The molecule has 1 unspecified atom stereocenters. The molecule has 1 atom stereocenters. The molecule has 0 aromatic carbocycles. The second-order valence-corrected chi connectivity index (χ2v) is 6.66. The van der Waals surface area contributed by atoms with Crippen LogP contribution in [-0.2, 0) is 6.54 Å². The highest BCUT2D eigenvalue weighted by molar-refractivity contribution is 7.09. The lowest BCUT2D eigenvalue weighted by Gasteiger charge is -2.21. The van der Waals surface area contributed by atoms with Gasteiger partial charge in [-0.25, -0.2) is 4.98 Å². The largest absolute Gasteiger partial charge is 0.392 e. The predicted molar refractivity (Wildman–Crippen MR) is 75.8 cm³/mol. The number of nitrogens with zero attached hydrogens (tertiary/aromatic N) is 2. The van der Waals surface area contributed by atoms with Gasteiger partial charge >= 0.3 is 0 Å². The summed E-state index contributed by atoms with van der Waals surface area (Å²) in [5.41, 5.74) is 1.12. The van der Waals surface area contributed by atoms with Crippen LogP contribution < -0.4 is 0 Å². The van der Waals surface area contributed by atoms with Crippen LogP contribution in [-0.4, -0.2) is 34.7 Å². The monoisotopic (exact) mass is 268 g/mol. The van der Waals surface area contributed by atoms with Crippen LogP contribution in [0.2, 0.25) is 0 Å². The van der Waals surface area contributed by atoms with Gasteiger partial charge in [-0.3, -0.25) is 4.90 Å². The van der Waals surface area contributed by atoms with Crippen LogP contribution >= 0.6 is 11.3 Å². The van der Waals surface area contributed by atoms with E-state index < -0.39 is 0 Å². The first-order valence-electron chi connectivity index (χ1n) is 6.91. The number of hydrogen-bond acceptors (Lipinski definition) is 4. The van der Waals surface area contributed by atoms with Gasteiger partial charge in [0.05, 0.1) is 16.8 Å². The standard InChI is InChI=1S/C14H24N2OS/c1-11-15-13(10-18-11)8-16(2)9-14(17)7-12-5-3-4-6-12/h10,12,14,17H,3-9H2,1-2H3. The van der Waals surface area contributed by atoms with Crippen molar-refractivity contribution in [2.75, 3.05) is 13.6 Å². The number of thiazole rings is 1. The third-order valence-corrected chi connectivity index (χ3v) is 4.52. The molecule has 1 heterocycles. The molecule has 0 amide bonds. The Kier molecular flexibility index (Phi) is 5.15. The topological polar surface area (TPSA) is 36.4 Å². The summed E-state index contributed by atoms with van der Waals surface area (Å²) in [4.78, 5) is 6.63. The molecule has 1 aromatic rings. The van der Waals surface area contributed by atoms with E-state index in [1.807, 2.05) is 6.92 Å². The number of likely N-dealkylation sites (N-methyl/N-ethyl adjacent to an activating group) is 1. The minimum absolute atomic E-state index is 0.183. The van der Waals surface area contributed by atoms with Crippen molar-refractivity contribution in [3.63, 3.8) is 0 Å². The SMILES string of the molecule is Cc1nc(CN(C)CC(O)CC2CCCC2)cs1. The molecular weight excluding hydrogens is 244 g/mol. The van der Waals surface area contributed by atoms with Gasteiger partial charge in [0.1, 0.15) is 0 Å². The highest BCUT2D eigenvalue weighted by atomic mass is 32.1. The molecule has 2 rings (SSSR count). The van der Waals surface area contributed by atoms with Gasteiger partial charge in [0.2, 0.25) is 0 Å². The molecule has 1 fully saturated rings. The van der Waals surface area contributed by atoms with Gasteiger partial charge < -0.3 is 5.11 Å².